The Hall–Kier alpha value is -1.58. The Kier molecular flexibility index (Phi) is 7.36. The van der Waals surface area contributed by atoms with Crippen LogP contribution in [0.1, 0.15) is 30.6 Å². The topological polar surface area (TPSA) is 86.8 Å². The largest absolute Gasteiger partial charge is 0.481 e. The maximum Gasteiger partial charge on any atom is 0.328 e. The van der Waals surface area contributed by atoms with Gasteiger partial charge in [0, 0.05) is 12.1 Å². The molecule has 8 heteroatoms. The molecule has 0 saturated heterocycles. The highest BCUT2D eigenvalue weighted by atomic mass is 127. The van der Waals surface area contributed by atoms with E-state index >= 15 is 0 Å². The third kappa shape index (κ3) is 5.32. The fraction of sp³-hybridized carbons (Fsp3) is 0.500. The second kappa shape index (κ2) is 8.76. The van der Waals surface area contributed by atoms with Gasteiger partial charge in [0.05, 0.1) is 19.8 Å². The van der Waals surface area contributed by atoms with E-state index < -0.39 is 17.9 Å². The summed E-state index contributed by atoms with van der Waals surface area (Å²) in [7, 11) is 2.73. The van der Waals surface area contributed by atoms with Gasteiger partial charge in [-0.3, -0.25) is 4.79 Å². The van der Waals surface area contributed by atoms with E-state index in [1.807, 2.05) is 13.8 Å². The van der Waals surface area contributed by atoms with Crippen molar-refractivity contribution in [1.82, 2.24) is 10.3 Å². The number of pyridine rings is 1. The van der Waals surface area contributed by atoms with Crippen molar-refractivity contribution in [3.05, 3.63) is 17.7 Å². The van der Waals surface area contributed by atoms with Gasteiger partial charge >= 0.3 is 5.97 Å². The van der Waals surface area contributed by atoms with Gasteiger partial charge < -0.3 is 17.9 Å². The fourth-order valence-electron chi connectivity index (χ4n) is 1.83. The minimum absolute atomic E-state index is 0.226. The van der Waals surface area contributed by atoms with E-state index in [9.17, 15) is 9.59 Å². The van der Waals surface area contributed by atoms with Gasteiger partial charge in [0.15, 0.2) is 23.0 Å². The minimum atomic E-state index is -0.708. The lowest BCUT2D eigenvalue weighted by atomic mass is 10.0. The van der Waals surface area contributed by atoms with E-state index in [4.69, 9.17) is 12.5 Å². The van der Waals surface area contributed by atoms with Crippen LogP contribution in [0.5, 0.6) is 11.8 Å². The first-order chi connectivity index (χ1) is 10.4. The first kappa shape index (κ1) is 18.5. The second-order valence-corrected chi connectivity index (χ2v) is 5.43. The Labute approximate surface area is 143 Å². The van der Waals surface area contributed by atoms with Crippen molar-refractivity contribution >= 4 is 34.9 Å². The zero-order valence-electron chi connectivity index (χ0n) is 12.9. The molecule has 122 valence electrons. The van der Waals surface area contributed by atoms with Gasteiger partial charge in [-0.2, -0.15) is 4.98 Å². The third-order valence-electron chi connectivity index (χ3n) is 2.83. The van der Waals surface area contributed by atoms with Crippen molar-refractivity contribution in [3.8, 4) is 11.8 Å². The Bertz CT molecular complexity index is 514. The number of hydrogen-bond donors (Lipinski definition) is 1. The van der Waals surface area contributed by atoms with Gasteiger partial charge in [-0.05, 0) is 12.3 Å². The summed E-state index contributed by atoms with van der Waals surface area (Å²) in [6, 6.07) is 2.23. The molecule has 1 aromatic heterocycles. The van der Waals surface area contributed by atoms with Gasteiger partial charge in [-0.15, -0.1) is 0 Å². The average Bonchev–Trinajstić information content (AvgIpc) is 2.52. The predicted molar refractivity (Wildman–Crippen MR) is 88.2 cm³/mol. The van der Waals surface area contributed by atoms with E-state index in [1.54, 1.807) is 23.0 Å². The van der Waals surface area contributed by atoms with Crippen molar-refractivity contribution in [2.75, 3.05) is 14.2 Å². The average molecular weight is 422 g/mol. The Morgan fingerprint density at radius 1 is 1.27 bits per heavy atom. The molecular weight excluding hydrogens is 403 g/mol. The summed E-state index contributed by atoms with van der Waals surface area (Å²) in [6.07, 6.45) is 0.482. The highest BCUT2D eigenvalue weighted by molar-refractivity contribution is 14.1. The molecule has 1 atom stereocenters. The number of nitrogens with one attached hydrogen (secondary N) is 1. The van der Waals surface area contributed by atoms with Gasteiger partial charge in [0.25, 0.3) is 5.91 Å². The number of halogens is 1. The molecule has 0 saturated carbocycles. The van der Waals surface area contributed by atoms with Crippen LogP contribution in [0.3, 0.4) is 0 Å². The van der Waals surface area contributed by atoms with Gasteiger partial charge in [0.1, 0.15) is 6.04 Å². The number of carbonyl (C=O) groups is 2. The van der Waals surface area contributed by atoms with Crippen LogP contribution in [0.4, 0.5) is 0 Å². The summed E-state index contributed by atoms with van der Waals surface area (Å²) in [4.78, 5) is 28.1. The molecule has 0 fully saturated rings. The molecule has 0 spiro atoms. The minimum Gasteiger partial charge on any atom is -0.481 e. The van der Waals surface area contributed by atoms with Crippen LogP contribution in [-0.2, 0) is 9.53 Å². The molecule has 0 aliphatic rings. The van der Waals surface area contributed by atoms with Crippen LogP contribution in [0.15, 0.2) is 12.1 Å². The SMILES string of the molecule is COC(=O)[C@@H](CC(C)C)NC(=O)c1cc(OC)nc(OI)c1. The summed E-state index contributed by atoms with van der Waals surface area (Å²) in [6.45, 7) is 3.92. The van der Waals surface area contributed by atoms with Gasteiger partial charge in [-0.1, -0.05) is 13.8 Å². The highest BCUT2D eigenvalue weighted by Crippen LogP contribution is 2.19. The number of ether oxygens (including phenoxy) is 2. The van der Waals surface area contributed by atoms with Crippen LogP contribution >= 0.6 is 23.0 Å². The van der Waals surface area contributed by atoms with Crippen LogP contribution in [0, 0.1) is 5.92 Å². The van der Waals surface area contributed by atoms with Crippen LogP contribution < -0.4 is 13.1 Å². The van der Waals surface area contributed by atoms with Crippen molar-refractivity contribution < 1.29 is 22.1 Å². The number of esters is 1. The number of rotatable bonds is 7. The van der Waals surface area contributed by atoms with Crippen molar-refractivity contribution in [2.45, 2.75) is 26.3 Å². The van der Waals surface area contributed by atoms with Crippen LogP contribution in [0.25, 0.3) is 0 Å². The van der Waals surface area contributed by atoms with Crippen molar-refractivity contribution in [3.63, 3.8) is 0 Å². The smallest absolute Gasteiger partial charge is 0.328 e. The van der Waals surface area contributed by atoms with Gasteiger partial charge in [0.2, 0.25) is 11.8 Å². The number of hydrogen-bond acceptors (Lipinski definition) is 6. The number of amides is 1. The lowest BCUT2D eigenvalue weighted by Gasteiger charge is -2.18. The molecule has 1 N–H and O–H groups in total. The quantitative estimate of drug-likeness (QED) is 0.536. The fourth-order valence-corrected chi connectivity index (χ4v) is 2.05. The highest BCUT2D eigenvalue weighted by Gasteiger charge is 2.23. The summed E-state index contributed by atoms with van der Waals surface area (Å²) in [5.74, 6) is -0.189. The molecule has 0 radical (unpaired) electrons. The number of methoxy groups -OCH3 is 2. The molecule has 0 aliphatic heterocycles. The molecular formula is C14H19IN2O5. The number of carbonyl (C=O) groups excluding carboxylic acids is 2. The molecule has 0 unspecified atom stereocenters. The summed E-state index contributed by atoms with van der Waals surface area (Å²) in [5.41, 5.74) is 0.288. The first-order valence-electron chi connectivity index (χ1n) is 6.64. The van der Waals surface area contributed by atoms with E-state index in [0.717, 1.165) is 0 Å². The molecule has 1 rings (SSSR count). The Balaban J connectivity index is 2.96. The molecule has 1 heterocycles. The molecule has 0 aromatic carbocycles. The normalized spacial score (nSPS) is 11.7. The standard InChI is InChI=1S/C14H19IN2O5/c1-8(2)5-10(14(19)21-4)16-13(18)9-6-11(20-3)17-12(7-9)22-15/h6-8,10H,5H2,1-4H3,(H,16,18)/t10-/m1/s1. The second-order valence-electron chi connectivity index (χ2n) is 4.99. The zero-order chi connectivity index (χ0) is 16.7. The molecule has 1 aromatic rings. The molecule has 0 aliphatic carbocycles. The number of nitrogens with zero attached hydrogens (tertiary/aromatic N) is 1. The maximum atomic E-state index is 12.3. The maximum absolute atomic E-state index is 12.3. The van der Waals surface area contributed by atoms with E-state index in [2.05, 4.69) is 10.3 Å². The summed E-state index contributed by atoms with van der Waals surface area (Å²) < 4.78 is 14.7. The Morgan fingerprint density at radius 2 is 1.91 bits per heavy atom. The van der Waals surface area contributed by atoms with Crippen molar-refractivity contribution in [2.24, 2.45) is 5.92 Å². The van der Waals surface area contributed by atoms with Gasteiger partial charge in [-0.25, -0.2) is 4.79 Å². The van der Waals surface area contributed by atoms with E-state index in [1.165, 1.54) is 26.4 Å². The first-order valence-corrected chi connectivity index (χ1v) is 7.52. The third-order valence-corrected chi connectivity index (χ3v) is 3.28. The summed E-state index contributed by atoms with van der Waals surface area (Å²) in [5, 5.41) is 2.66. The number of aromatic nitrogens is 1. The van der Waals surface area contributed by atoms with E-state index in [-0.39, 0.29) is 23.2 Å². The molecule has 7 nitrogen and oxygen atoms in total. The lowest BCUT2D eigenvalue weighted by molar-refractivity contribution is -0.143. The zero-order valence-corrected chi connectivity index (χ0v) is 15.0. The predicted octanol–water partition coefficient (Wildman–Crippen LogP) is 2.14. The van der Waals surface area contributed by atoms with Crippen LogP contribution in [0.2, 0.25) is 0 Å². The van der Waals surface area contributed by atoms with E-state index in [0.29, 0.717) is 6.42 Å². The van der Waals surface area contributed by atoms with Crippen LogP contribution in [-0.4, -0.2) is 37.1 Å². The molecule has 22 heavy (non-hydrogen) atoms. The monoisotopic (exact) mass is 422 g/mol. The van der Waals surface area contributed by atoms with Crippen molar-refractivity contribution in [1.29, 1.82) is 0 Å². The molecule has 1 amide bonds. The lowest BCUT2D eigenvalue weighted by Crippen LogP contribution is -2.42. The summed E-state index contributed by atoms with van der Waals surface area (Å²) >= 11 is 1.66. The Morgan fingerprint density at radius 3 is 2.41 bits per heavy atom. The molecule has 0 bridgehead atoms.